The molecule has 0 atom stereocenters. The minimum Gasteiger partial charge on any atom is -0.378 e. The summed E-state index contributed by atoms with van der Waals surface area (Å²) < 4.78 is 20.0. The summed E-state index contributed by atoms with van der Waals surface area (Å²) in [5, 5.41) is 12.2. The number of ether oxygens (including phenoxy) is 1. The average Bonchev–Trinajstić information content (AvgIpc) is 2.79. The van der Waals surface area contributed by atoms with Gasteiger partial charge >= 0.3 is 0 Å². The fourth-order valence-electron chi connectivity index (χ4n) is 3.58. The van der Waals surface area contributed by atoms with Gasteiger partial charge in [0.25, 0.3) is 5.91 Å². The molecule has 30 heavy (non-hydrogen) atoms. The Hall–Kier alpha value is -3.69. The van der Waals surface area contributed by atoms with Gasteiger partial charge in [-0.1, -0.05) is 36.4 Å². The number of rotatable bonds is 4. The molecule has 1 heterocycles. The van der Waals surface area contributed by atoms with E-state index in [1.54, 1.807) is 42.5 Å². The van der Waals surface area contributed by atoms with Crippen LogP contribution in [0.3, 0.4) is 0 Å². The second kappa shape index (κ2) is 8.76. The van der Waals surface area contributed by atoms with Crippen LogP contribution < -0.4 is 10.2 Å². The SMILES string of the molecule is N#Cc1ccccc1-c1ccccc1C(=O)Nc1ccc(N2CCOCC2)c(F)c1. The monoisotopic (exact) mass is 401 g/mol. The van der Waals surface area contributed by atoms with Crippen LogP contribution in [0, 0.1) is 17.1 Å². The third-order valence-electron chi connectivity index (χ3n) is 5.07. The number of anilines is 2. The van der Waals surface area contributed by atoms with E-state index >= 15 is 0 Å². The Kier molecular flexibility index (Phi) is 5.73. The van der Waals surface area contributed by atoms with Gasteiger partial charge in [-0.15, -0.1) is 0 Å². The lowest BCUT2D eigenvalue weighted by Gasteiger charge is -2.29. The molecule has 1 N–H and O–H groups in total. The van der Waals surface area contributed by atoms with E-state index in [-0.39, 0.29) is 5.91 Å². The Balaban J connectivity index is 1.59. The van der Waals surface area contributed by atoms with E-state index in [0.717, 1.165) is 0 Å². The highest BCUT2D eigenvalue weighted by Crippen LogP contribution is 2.28. The van der Waals surface area contributed by atoms with Crippen LogP contribution in [0.1, 0.15) is 15.9 Å². The van der Waals surface area contributed by atoms with Crippen LogP contribution in [0.25, 0.3) is 11.1 Å². The van der Waals surface area contributed by atoms with Crippen LogP contribution in [0.4, 0.5) is 15.8 Å². The van der Waals surface area contributed by atoms with Crippen LogP contribution in [-0.2, 0) is 4.74 Å². The number of halogens is 1. The number of carbonyl (C=O) groups excluding carboxylic acids is 1. The lowest BCUT2D eigenvalue weighted by atomic mass is 9.95. The third kappa shape index (κ3) is 4.02. The normalized spacial score (nSPS) is 13.5. The Labute approximate surface area is 174 Å². The zero-order valence-electron chi connectivity index (χ0n) is 16.3. The number of nitrogens with zero attached hydrogens (tertiary/aromatic N) is 2. The standard InChI is InChI=1S/C24H20FN3O2/c25-22-15-18(9-10-23(22)28-11-13-30-14-12-28)27-24(29)21-8-4-3-7-20(21)19-6-2-1-5-17(19)16-26/h1-10,15H,11-14H2,(H,27,29). The van der Waals surface area contributed by atoms with E-state index in [4.69, 9.17) is 4.74 Å². The van der Waals surface area contributed by atoms with Crippen molar-refractivity contribution in [2.75, 3.05) is 36.5 Å². The van der Waals surface area contributed by atoms with Gasteiger partial charge in [0.15, 0.2) is 0 Å². The largest absolute Gasteiger partial charge is 0.378 e. The van der Waals surface area contributed by atoms with E-state index in [2.05, 4.69) is 11.4 Å². The summed E-state index contributed by atoms with van der Waals surface area (Å²) in [7, 11) is 0. The van der Waals surface area contributed by atoms with Crippen LogP contribution in [0.2, 0.25) is 0 Å². The van der Waals surface area contributed by atoms with E-state index in [1.165, 1.54) is 6.07 Å². The lowest BCUT2D eigenvalue weighted by molar-refractivity contribution is 0.102. The predicted molar refractivity (Wildman–Crippen MR) is 114 cm³/mol. The molecule has 3 aromatic rings. The van der Waals surface area contributed by atoms with Crippen molar-refractivity contribution >= 4 is 17.3 Å². The van der Waals surface area contributed by atoms with Gasteiger partial charge < -0.3 is 15.0 Å². The number of morpholine rings is 1. The zero-order chi connectivity index (χ0) is 20.9. The molecular formula is C24H20FN3O2. The number of hydrogen-bond acceptors (Lipinski definition) is 4. The van der Waals surface area contributed by atoms with Crippen molar-refractivity contribution in [3.63, 3.8) is 0 Å². The maximum atomic E-state index is 14.7. The first-order valence-corrected chi connectivity index (χ1v) is 9.69. The minimum absolute atomic E-state index is 0.364. The molecule has 4 rings (SSSR count). The molecule has 1 amide bonds. The molecule has 0 unspecified atom stereocenters. The first-order chi connectivity index (χ1) is 14.7. The Morgan fingerprint density at radius 1 is 1.00 bits per heavy atom. The van der Waals surface area contributed by atoms with Crippen LogP contribution >= 0.6 is 0 Å². The molecule has 1 fully saturated rings. The topological polar surface area (TPSA) is 65.4 Å². The highest BCUT2D eigenvalue weighted by molar-refractivity contribution is 6.09. The smallest absolute Gasteiger partial charge is 0.256 e. The van der Waals surface area contributed by atoms with Crippen molar-refractivity contribution in [3.05, 3.63) is 83.7 Å². The number of hydrogen-bond donors (Lipinski definition) is 1. The number of nitriles is 1. The molecule has 150 valence electrons. The molecule has 0 aliphatic carbocycles. The summed E-state index contributed by atoms with van der Waals surface area (Å²) in [5.41, 5.74) is 3.10. The van der Waals surface area contributed by atoms with Crippen molar-refractivity contribution in [2.24, 2.45) is 0 Å². The van der Waals surface area contributed by atoms with Gasteiger partial charge in [0.05, 0.1) is 30.5 Å². The van der Waals surface area contributed by atoms with Gasteiger partial charge in [0.2, 0.25) is 0 Å². The molecule has 0 bridgehead atoms. The Bertz CT molecular complexity index is 1120. The molecule has 1 saturated heterocycles. The molecule has 1 aliphatic heterocycles. The van der Waals surface area contributed by atoms with Gasteiger partial charge in [0, 0.05) is 29.9 Å². The average molecular weight is 401 g/mol. The first-order valence-electron chi connectivity index (χ1n) is 9.69. The van der Waals surface area contributed by atoms with Gasteiger partial charge in [-0.3, -0.25) is 4.79 Å². The molecule has 5 nitrogen and oxygen atoms in total. The fourth-order valence-corrected chi connectivity index (χ4v) is 3.58. The summed E-state index contributed by atoms with van der Waals surface area (Å²) in [4.78, 5) is 14.9. The van der Waals surface area contributed by atoms with Gasteiger partial charge in [-0.25, -0.2) is 4.39 Å². The van der Waals surface area contributed by atoms with Crippen molar-refractivity contribution < 1.29 is 13.9 Å². The highest BCUT2D eigenvalue weighted by atomic mass is 19.1. The van der Waals surface area contributed by atoms with Gasteiger partial charge in [-0.2, -0.15) is 5.26 Å². The van der Waals surface area contributed by atoms with Gasteiger partial charge in [-0.05, 0) is 35.9 Å². The predicted octanol–water partition coefficient (Wildman–Crippen LogP) is 4.45. The summed E-state index contributed by atoms with van der Waals surface area (Å²) >= 11 is 0. The molecule has 0 radical (unpaired) electrons. The van der Waals surface area contributed by atoms with Crippen molar-refractivity contribution in [1.82, 2.24) is 0 Å². The number of nitrogens with one attached hydrogen (secondary N) is 1. The zero-order valence-corrected chi connectivity index (χ0v) is 16.3. The summed E-state index contributed by atoms with van der Waals surface area (Å²) in [6.45, 7) is 2.40. The van der Waals surface area contributed by atoms with E-state index < -0.39 is 5.82 Å². The maximum Gasteiger partial charge on any atom is 0.256 e. The van der Waals surface area contributed by atoms with E-state index in [0.29, 0.717) is 59.9 Å². The second-order valence-corrected chi connectivity index (χ2v) is 6.92. The summed E-state index contributed by atoms with van der Waals surface area (Å²) in [6, 6.07) is 21.0. The molecule has 0 saturated carbocycles. The third-order valence-corrected chi connectivity index (χ3v) is 5.07. The fraction of sp³-hybridized carbons (Fsp3) is 0.167. The number of benzene rings is 3. The quantitative estimate of drug-likeness (QED) is 0.701. The molecule has 3 aromatic carbocycles. The van der Waals surface area contributed by atoms with Crippen molar-refractivity contribution in [2.45, 2.75) is 0 Å². The maximum absolute atomic E-state index is 14.7. The van der Waals surface area contributed by atoms with Crippen LogP contribution in [-0.4, -0.2) is 32.2 Å². The second-order valence-electron chi connectivity index (χ2n) is 6.92. The van der Waals surface area contributed by atoms with Gasteiger partial charge in [0.1, 0.15) is 5.82 Å². The van der Waals surface area contributed by atoms with Crippen LogP contribution in [0.5, 0.6) is 0 Å². The minimum atomic E-state index is -0.391. The van der Waals surface area contributed by atoms with E-state index in [1.807, 2.05) is 23.1 Å². The molecule has 6 heteroatoms. The van der Waals surface area contributed by atoms with E-state index in [9.17, 15) is 14.4 Å². The van der Waals surface area contributed by atoms with Crippen molar-refractivity contribution in [3.8, 4) is 17.2 Å². The molecule has 0 aromatic heterocycles. The molecule has 0 spiro atoms. The molecule has 1 aliphatic rings. The summed E-state index contributed by atoms with van der Waals surface area (Å²) in [5.74, 6) is -0.755. The summed E-state index contributed by atoms with van der Waals surface area (Å²) in [6.07, 6.45) is 0. The first kappa shape index (κ1) is 19.6. The Morgan fingerprint density at radius 2 is 1.70 bits per heavy atom. The highest BCUT2D eigenvalue weighted by Gasteiger charge is 2.18. The number of carbonyl (C=O) groups is 1. The molecular weight excluding hydrogens is 381 g/mol. The van der Waals surface area contributed by atoms with Crippen LogP contribution in [0.15, 0.2) is 66.7 Å². The van der Waals surface area contributed by atoms with Crippen molar-refractivity contribution in [1.29, 1.82) is 5.26 Å². The lowest BCUT2D eigenvalue weighted by Crippen LogP contribution is -2.36. The Morgan fingerprint density at radius 3 is 2.43 bits per heavy atom. The number of amides is 1.